The number of carbonyl (C=O) groups is 1. The average Bonchev–Trinajstić information content (AvgIpc) is 2.55. The Morgan fingerprint density at radius 2 is 1.82 bits per heavy atom. The number of aliphatic hydroxyl groups excluding tert-OH is 1. The highest BCUT2D eigenvalue weighted by Gasteiger charge is 2.37. The highest BCUT2D eigenvalue weighted by atomic mass is 16.5. The lowest BCUT2D eigenvalue weighted by Crippen LogP contribution is -2.52. The summed E-state index contributed by atoms with van der Waals surface area (Å²) in [4.78, 5) is 11.4. The van der Waals surface area contributed by atoms with E-state index in [4.69, 9.17) is 9.84 Å². The fraction of sp³-hybridized carbons (Fsp3) is 0.917. The SMILES string of the molecule is O=C(O)C1(NCCOCCO)CCCCCC1. The number of hydrogen-bond donors (Lipinski definition) is 3. The number of carboxylic acid groups (broad SMARTS) is 1. The second kappa shape index (κ2) is 7.63. The molecule has 1 aliphatic carbocycles. The van der Waals surface area contributed by atoms with Crippen LogP contribution in [0.25, 0.3) is 0 Å². The summed E-state index contributed by atoms with van der Waals surface area (Å²) in [6.45, 7) is 1.27. The monoisotopic (exact) mass is 245 g/mol. The van der Waals surface area contributed by atoms with E-state index in [-0.39, 0.29) is 6.61 Å². The molecule has 3 N–H and O–H groups in total. The molecule has 0 saturated heterocycles. The van der Waals surface area contributed by atoms with E-state index < -0.39 is 11.5 Å². The lowest BCUT2D eigenvalue weighted by molar-refractivity contribution is -0.145. The molecule has 0 aromatic carbocycles. The molecule has 0 aromatic rings. The van der Waals surface area contributed by atoms with E-state index in [1.165, 1.54) is 0 Å². The zero-order valence-corrected chi connectivity index (χ0v) is 10.3. The Bertz CT molecular complexity index is 225. The normalized spacial score (nSPS) is 19.8. The van der Waals surface area contributed by atoms with E-state index >= 15 is 0 Å². The molecule has 17 heavy (non-hydrogen) atoms. The zero-order valence-electron chi connectivity index (χ0n) is 10.3. The predicted octanol–water partition coefficient (Wildman–Crippen LogP) is 0.762. The van der Waals surface area contributed by atoms with Gasteiger partial charge in [0, 0.05) is 6.54 Å². The van der Waals surface area contributed by atoms with E-state index in [1.54, 1.807) is 0 Å². The summed E-state index contributed by atoms with van der Waals surface area (Å²) in [6.07, 6.45) is 5.58. The molecular formula is C12H23NO4. The highest BCUT2D eigenvalue weighted by molar-refractivity contribution is 5.78. The molecule has 1 saturated carbocycles. The summed E-state index contributed by atoms with van der Waals surface area (Å²) >= 11 is 0. The van der Waals surface area contributed by atoms with E-state index in [0.29, 0.717) is 32.6 Å². The topological polar surface area (TPSA) is 78.8 Å². The molecule has 0 aliphatic heterocycles. The predicted molar refractivity (Wildman–Crippen MR) is 64.0 cm³/mol. The maximum atomic E-state index is 11.4. The Morgan fingerprint density at radius 3 is 2.35 bits per heavy atom. The third kappa shape index (κ3) is 4.61. The van der Waals surface area contributed by atoms with Crippen molar-refractivity contribution >= 4 is 5.97 Å². The van der Waals surface area contributed by atoms with Gasteiger partial charge in [-0.05, 0) is 12.8 Å². The van der Waals surface area contributed by atoms with Crippen molar-refractivity contribution in [2.75, 3.05) is 26.4 Å². The summed E-state index contributed by atoms with van der Waals surface area (Å²) in [7, 11) is 0. The number of carboxylic acids is 1. The van der Waals surface area contributed by atoms with Gasteiger partial charge in [0.05, 0.1) is 19.8 Å². The van der Waals surface area contributed by atoms with Crippen LogP contribution in [0.2, 0.25) is 0 Å². The molecule has 0 aromatic heterocycles. The van der Waals surface area contributed by atoms with Crippen molar-refractivity contribution in [3.63, 3.8) is 0 Å². The van der Waals surface area contributed by atoms with Crippen LogP contribution in [-0.2, 0) is 9.53 Å². The van der Waals surface area contributed by atoms with Gasteiger partial charge in [-0.1, -0.05) is 25.7 Å². The number of aliphatic carboxylic acids is 1. The first-order valence-electron chi connectivity index (χ1n) is 6.38. The molecule has 5 nitrogen and oxygen atoms in total. The number of nitrogens with one attached hydrogen (secondary N) is 1. The fourth-order valence-corrected chi connectivity index (χ4v) is 2.33. The Balaban J connectivity index is 2.38. The minimum absolute atomic E-state index is 0.00404. The van der Waals surface area contributed by atoms with Gasteiger partial charge in [0.1, 0.15) is 5.54 Å². The van der Waals surface area contributed by atoms with Gasteiger partial charge in [-0.25, -0.2) is 0 Å². The van der Waals surface area contributed by atoms with Gasteiger partial charge in [0.25, 0.3) is 0 Å². The van der Waals surface area contributed by atoms with Gasteiger partial charge in [-0.15, -0.1) is 0 Å². The minimum atomic E-state index is -0.765. The lowest BCUT2D eigenvalue weighted by atomic mass is 9.90. The van der Waals surface area contributed by atoms with Crippen LogP contribution >= 0.6 is 0 Å². The molecule has 1 fully saturated rings. The minimum Gasteiger partial charge on any atom is -0.480 e. The maximum Gasteiger partial charge on any atom is 0.323 e. The van der Waals surface area contributed by atoms with Gasteiger partial charge in [-0.3, -0.25) is 10.1 Å². The molecule has 0 radical (unpaired) electrons. The quantitative estimate of drug-likeness (QED) is 0.456. The van der Waals surface area contributed by atoms with Crippen LogP contribution in [0.15, 0.2) is 0 Å². The fourth-order valence-electron chi connectivity index (χ4n) is 2.33. The maximum absolute atomic E-state index is 11.4. The second-order valence-electron chi connectivity index (χ2n) is 4.56. The summed E-state index contributed by atoms with van der Waals surface area (Å²) < 4.78 is 5.12. The summed E-state index contributed by atoms with van der Waals surface area (Å²) in [6, 6.07) is 0. The molecule has 0 heterocycles. The van der Waals surface area contributed by atoms with Crippen molar-refractivity contribution in [2.45, 2.75) is 44.1 Å². The Hall–Kier alpha value is -0.650. The van der Waals surface area contributed by atoms with E-state index in [0.717, 1.165) is 25.7 Å². The number of hydrogen-bond acceptors (Lipinski definition) is 4. The zero-order chi connectivity index (χ0) is 12.6. The van der Waals surface area contributed by atoms with E-state index in [2.05, 4.69) is 5.32 Å². The third-order valence-corrected chi connectivity index (χ3v) is 3.31. The highest BCUT2D eigenvalue weighted by Crippen LogP contribution is 2.27. The van der Waals surface area contributed by atoms with Crippen molar-refractivity contribution in [3.05, 3.63) is 0 Å². The van der Waals surface area contributed by atoms with Crippen molar-refractivity contribution in [1.82, 2.24) is 5.32 Å². The molecule has 5 heteroatoms. The van der Waals surface area contributed by atoms with Crippen molar-refractivity contribution in [3.8, 4) is 0 Å². The summed E-state index contributed by atoms with van der Waals surface area (Å²) in [5, 5.41) is 21.1. The van der Waals surface area contributed by atoms with E-state index in [1.807, 2.05) is 0 Å². The van der Waals surface area contributed by atoms with Crippen LogP contribution in [-0.4, -0.2) is 48.1 Å². The van der Waals surface area contributed by atoms with Gasteiger partial charge in [0.15, 0.2) is 0 Å². The van der Waals surface area contributed by atoms with Crippen molar-refractivity contribution in [2.24, 2.45) is 0 Å². The molecule has 1 aliphatic rings. The van der Waals surface area contributed by atoms with Crippen molar-refractivity contribution in [1.29, 1.82) is 0 Å². The van der Waals surface area contributed by atoms with Crippen LogP contribution in [0.5, 0.6) is 0 Å². The molecule has 1 rings (SSSR count). The molecule has 0 spiro atoms. The first kappa shape index (κ1) is 14.4. The number of aliphatic hydroxyl groups is 1. The number of rotatable bonds is 7. The first-order valence-corrected chi connectivity index (χ1v) is 6.38. The largest absolute Gasteiger partial charge is 0.480 e. The molecular weight excluding hydrogens is 222 g/mol. The van der Waals surface area contributed by atoms with Gasteiger partial charge >= 0.3 is 5.97 Å². The standard InChI is InChI=1S/C12H23NO4/c14-8-10-17-9-7-13-12(11(15)16)5-3-1-2-4-6-12/h13-14H,1-10H2,(H,15,16). The van der Waals surface area contributed by atoms with E-state index in [9.17, 15) is 9.90 Å². The molecule has 0 unspecified atom stereocenters. The van der Waals surface area contributed by atoms with Gasteiger partial charge in [0.2, 0.25) is 0 Å². The van der Waals surface area contributed by atoms with Crippen LogP contribution < -0.4 is 5.32 Å². The summed E-state index contributed by atoms with van der Waals surface area (Å²) in [5.41, 5.74) is -0.765. The second-order valence-corrected chi connectivity index (χ2v) is 4.56. The average molecular weight is 245 g/mol. The van der Waals surface area contributed by atoms with Crippen LogP contribution in [0.1, 0.15) is 38.5 Å². The smallest absolute Gasteiger partial charge is 0.323 e. The van der Waals surface area contributed by atoms with Crippen LogP contribution in [0.4, 0.5) is 0 Å². The van der Waals surface area contributed by atoms with Crippen LogP contribution in [0.3, 0.4) is 0 Å². The van der Waals surface area contributed by atoms with Crippen molar-refractivity contribution < 1.29 is 19.7 Å². The lowest BCUT2D eigenvalue weighted by Gasteiger charge is -2.29. The summed E-state index contributed by atoms with van der Waals surface area (Å²) in [5.74, 6) is -0.749. The van der Waals surface area contributed by atoms with Crippen LogP contribution in [0, 0.1) is 0 Å². The number of ether oxygens (including phenoxy) is 1. The molecule has 0 amide bonds. The Morgan fingerprint density at radius 1 is 1.18 bits per heavy atom. The first-order chi connectivity index (χ1) is 8.21. The molecule has 0 atom stereocenters. The third-order valence-electron chi connectivity index (χ3n) is 3.31. The van der Waals surface area contributed by atoms with Gasteiger partial charge < -0.3 is 14.9 Å². The Labute approximate surface area is 102 Å². The van der Waals surface area contributed by atoms with Gasteiger partial charge in [-0.2, -0.15) is 0 Å². The molecule has 0 bridgehead atoms. The molecule has 100 valence electrons. The Kier molecular flexibility index (Phi) is 6.47.